The monoisotopic (exact) mass is 329 g/mol. The molecule has 1 fully saturated rings. The first-order valence-electron chi connectivity index (χ1n) is 8.19. The van der Waals surface area contributed by atoms with E-state index >= 15 is 0 Å². The number of ketones is 2. The molecule has 2 bridgehead atoms. The van der Waals surface area contributed by atoms with Gasteiger partial charge in [0.05, 0.1) is 29.3 Å². The summed E-state index contributed by atoms with van der Waals surface area (Å²) in [6.45, 7) is 3.61. The summed E-state index contributed by atoms with van der Waals surface area (Å²) < 4.78 is 11.0. The minimum Gasteiger partial charge on any atom is -0.462 e. The Morgan fingerprint density at radius 2 is 2.12 bits per heavy atom. The number of methoxy groups -OCH3 is 1. The summed E-state index contributed by atoms with van der Waals surface area (Å²) >= 11 is 0. The van der Waals surface area contributed by atoms with Gasteiger partial charge in [0.1, 0.15) is 5.60 Å². The summed E-state index contributed by atoms with van der Waals surface area (Å²) in [7, 11) is 1.56. The number of carbonyl (C=O) groups is 3. The minimum absolute atomic E-state index is 0.00852. The van der Waals surface area contributed by atoms with Crippen LogP contribution < -0.4 is 0 Å². The highest BCUT2D eigenvalue weighted by Gasteiger charge is 2.66. The van der Waals surface area contributed by atoms with Gasteiger partial charge in [0.15, 0.2) is 0 Å². The molecule has 0 spiro atoms. The molecule has 4 atom stereocenters. The van der Waals surface area contributed by atoms with Gasteiger partial charge in [0, 0.05) is 18.7 Å². The zero-order valence-electron chi connectivity index (χ0n) is 13.8. The topological polar surface area (TPSA) is 85.5 Å². The van der Waals surface area contributed by atoms with Crippen molar-refractivity contribution in [2.45, 2.75) is 25.9 Å². The summed E-state index contributed by atoms with van der Waals surface area (Å²) in [6, 6.07) is 0. The molecule has 4 rings (SSSR count). The van der Waals surface area contributed by atoms with Crippen molar-refractivity contribution in [3.05, 3.63) is 34.7 Å². The molecule has 0 radical (unpaired) electrons. The van der Waals surface area contributed by atoms with E-state index in [1.165, 1.54) is 0 Å². The normalized spacial score (nSPS) is 32.9. The van der Waals surface area contributed by atoms with Crippen LogP contribution in [-0.4, -0.2) is 36.2 Å². The number of ether oxygens (including phenoxy) is 2. The minimum atomic E-state index is -0.894. The SMILES string of the molecule is CCOC(=O)c1c(C)[nH]c2c1C(=O)C(=O)[C@@H]1[C@@H]3C=C[C@@H](C3)[C@]21OC. The van der Waals surface area contributed by atoms with Gasteiger partial charge in [-0.05, 0) is 26.2 Å². The average Bonchev–Trinajstić information content (AvgIpc) is 3.24. The van der Waals surface area contributed by atoms with Gasteiger partial charge in [-0.1, -0.05) is 12.2 Å². The summed E-state index contributed by atoms with van der Waals surface area (Å²) in [5, 5.41) is 0. The van der Waals surface area contributed by atoms with Crippen LogP contribution in [0.2, 0.25) is 0 Å². The van der Waals surface area contributed by atoms with Crippen LogP contribution in [0, 0.1) is 24.7 Å². The molecular formula is C18H19NO5. The molecule has 1 heterocycles. The average molecular weight is 329 g/mol. The first-order chi connectivity index (χ1) is 11.5. The first-order valence-corrected chi connectivity index (χ1v) is 8.19. The van der Waals surface area contributed by atoms with Gasteiger partial charge in [-0.2, -0.15) is 0 Å². The zero-order valence-corrected chi connectivity index (χ0v) is 13.8. The van der Waals surface area contributed by atoms with E-state index in [1.807, 2.05) is 6.08 Å². The van der Waals surface area contributed by atoms with Crippen LogP contribution in [0.1, 0.15) is 45.4 Å². The van der Waals surface area contributed by atoms with Gasteiger partial charge >= 0.3 is 5.97 Å². The highest BCUT2D eigenvalue weighted by Crippen LogP contribution is 2.60. The molecule has 6 heteroatoms. The van der Waals surface area contributed by atoms with Crippen LogP contribution in [-0.2, 0) is 19.9 Å². The lowest BCUT2D eigenvalue weighted by Gasteiger charge is -2.42. The second kappa shape index (κ2) is 4.89. The molecule has 0 aromatic carbocycles. The number of carbonyl (C=O) groups excluding carboxylic acids is 3. The van der Waals surface area contributed by atoms with Crippen molar-refractivity contribution in [1.29, 1.82) is 0 Å². The molecule has 3 aliphatic carbocycles. The third kappa shape index (κ3) is 1.57. The lowest BCUT2D eigenvalue weighted by Crippen LogP contribution is -2.51. The Morgan fingerprint density at radius 1 is 1.38 bits per heavy atom. The van der Waals surface area contributed by atoms with Crippen molar-refractivity contribution in [2.24, 2.45) is 17.8 Å². The fourth-order valence-corrected chi connectivity index (χ4v) is 4.82. The number of hydrogen-bond donors (Lipinski definition) is 1. The Kier molecular flexibility index (Phi) is 3.12. The standard InChI is InChI=1S/C18H19NO5/c1-4-24-17(22)11-8(2)19-16-12(11)14(20)15(21)13-9-5-6-10(7-9)18(13,16)23-3/h5-6,9-10,13,19H,4,7H2,1-3H3/t9-,10+,13+,18-/m1/s1. The Hall–Kier alpha value is -2.21. The van der Waals surface area contributed by atoms with Gasteiger partial charge < -0.3 is 14.5 Å². The van der Waals surface area contributed by atoms with Crippen LogP contribution >= 0.6 is 0 Å². The van der Waals surface area contributed by atoms with Crippen LogP contribution in [0.25, 0.3) is 0 Å². The highest BCUT2D eigenvalue weighted by atomic mass is 16.5. The molecule has 24 heavy (non-hydrogen) atoms. The van der Waals surface area contributed by atoms with Crippen LogP contribution in [0.5, 0.6) is 0 Å². The van der Waals surface area contributed by atoms with Crippen molar-refractivity contribution < 1.29 is 23.9 Å². The molecule has 0 aliphatic heterocycles. The fourth-order valence-electron chi connectivity index (χ4n) is 4.82. The summed E-state index contributed by atoms with van der Waals surface area (Å²) in [4.78, 5) is 41.1. The number of aromatic nitrogens is 1. The number of nitrogens with one attached hydrogen (secondary N) is 1. The van der Waals surface area contributed by atoms with E-state index in [2.05, 4.69) is 11.1 Å². The number of aryl methyl sites for hydroxylation is 1. The first kappa shape index (κ1) is 15.3. The van der Waals surface area contributed by atoms with Crippen LogP contribution in [0.4, 0.5) is 0 Å². The van der Waals surface area contributed by atoms with E-state index in [0.717, 1.165) is 6.42 Å². The van der Waals surface area contributed by atoms with Crippen molar-refractivity contribution in [3.63, 3.8) is 0 Å². The molecule has 6 nitrogen and oxygen atoms in total. The van der Waals surface area contributed by atoms with E-state index < -0.39 is 29.1 Å². The van der Waals surface area contributed by atoms with E-state index in [-0.39, 0.29) is 29.6 Å². The van der Waals surface area contributed by atoms with Crippen molar-refractivity contribution in [2.75, 3.05) is 13.7 Å². The molecule has 0 saturated heterocycles. The van der Waals surface area contributed by atoms with Crippen LogP contribution in [0.15, 0.2) is 12.2 Å². The molecule has 0 amide bonds. The van der Waals surface area contributed by atoms with E-state index in [0.29, 0.717) is 11.4 Å². The number of esters is 1. The Morgan fingerprint density at radius 3 is 2.79 bits per heavy atom. The summed E-state index contributed by atoms with van der Waals surface area (Å²) in [6.07, 6.45) is 4.84. The van der Waals surface area contributed by atoms with Crippen LogP contribution in [0.3, 0.4) is 0 Å². The molecular weight excluding hydrogens is 310 g/mol. The second-order valence-corrected chi connectivity index (χ2v) is 6.65. The third-order valence-electron chi connectivity index (χ3n) is 5.69. The van der Waals surface area contributed by atoms with E-state index in [9.17, 15) is 14.4 Å². The fraction of sp³-hybridized carbons (Fsp3) is 0.500. The van der Waals surface area contributed by atoms with Crippen molar-refractivity contribution in [1.82, 2.24) is 4.98 Å². The number of Topliss-reactive ketones (excluding diaryl/α,β-unsaturated/α-hetero) is 2. The maximum Gasteiger partial charge on any atom is 0.340 e. The quantitative estimate of drug-likeness (QED) is 0.520. The van der Waals surface area contributed by atoms with Gasteiger partial charge in [-0.3, -0.25) is 9.59 Å². The van der Waals surface area contributed by atoms with E-state index in [4.69, 9.17) is 9.47 Å². The predicted molar refractivity (Wildman–Crippen MR) is 83.7 cm³/mol. The number of H-pyrrole nitrogens is 1. The molecule has 1 N–H and O–H groups in total. The summed E-state index contributed by atoms with van der Waals surface area (Å²) in [5.74, 6) is -2.17. The molecule has 3 aliphatic rings. The summed E-state index contributed by atoms with van der Waals surface area (Å²) in [5.41, 5.74) is 0.483. The van der Waals surface area contributed by atoms with Crippen molar-refractivity contribution in [3.8, 4) is 0 Å². The molecule has 126 valence electrons. The number of allylic oxidation sites excluding steroid dienone is 1. The third-order valence-corrected chi connectivity index (χ3v) is 5.69. The number of rotatable bonds is 3. The Labute approximate surface area is 139 Å². The second-order valence-electron chi connectivity index (χ2n) is 6.65. The lowest BCUT2D eigenvalue weighted by molar-refractivity contribution is -0.137. The number of fused-ring (bicyclic) bond motifs is 7. The molecule has 0 unspecified atom stereocenters. The Bertz CT molecular complexity index is 805. The molecule has 1 aromatic heterocycles. The number of hydrogen-bond acceptors (Lipinski definition) is 5. The molecule has 1 saturated carbocycles. The smallest absolute Gasteiger partial charge is 0.340 e. The highest BCUT2D eigenvalue weighted by molar-refractivity contribution is 6.47. The van der Waals surface area contributed by atoms with Gasteiger partial charge in [0.25, 0.3) is 0 Å². The van der Waals surface area contributed by atoms with Gasteiger partial charge in [0.2, 0.25) is 11.6 Å². The van der Waals surface area contributed by atoms with E-state index in [1.54, 1.807) is 21.0 Å². The lowest BCUT2D eigenvalue weighted by atomic mass is 9.67. The molecule has 1 aromatic rings. The number of aromatic amines is 1. The van der Waals surface area contributed by atoms with Crippen molar-refractivity contribution >= 4 is 17.5 Å². The largest absolute Gasteiger partial charge is 0.462 e. The Balaban J connectivity index is 1.99. The van der Waals surface area contributed by atoms with Gasteiger partial charge in [-0.15, -0.1) is 0 Å². The van der Waals surface area contributed by atoms with Gasteiger partial charge in [-0.25, -0.2) is 4.79 Å². The maximum absolute atomic E-state index is 12.8. The zero-order chi connectivity index (χ0) is 17.2. The maximum atomic E-state index is 12.8. The predicted octanol–water partition coefficient (Wildman–Crippen LogP) is 1.93.